The minimum Gasteiger partial charge on any atom is -0.357 e. The monoisotopic (exact) mass is 390 g/mol. The van der Waals surface area contributed by atoms with E-state index >= 15 is 0 Å². The predicted octanol–water partition coefficient (Wildman–Crippen LogP) is 3.87. The molecule has 2 aromatic rings. The van der Waals surface area contributed by atoms with Gasteiger partial charge >= 0.3 is 0 Å². The van der Waals surface area contributed by atoms with Gasteiger partial charge in [0, 0.05) is 19.5 Å². The third-order valence-electron chi connectivity index (χ3n) is 3.72. The lowest BCUT2D eigenvalue weighted by Gasteiger charge is -2.12. The molecule has 0 saturated heterocycles. The molecule has 0 atom stereocenters. The molecule has 2 rings (SSSR count). The van der Waals surface area contributed by atoms with Gasteiger partial charge in [-0.2, -0.15) is 0 Å². The van der Waals surface area contributed by atoms with E-state index < -0.39 is 0 Å². The number of carbonyl (C=O) groups is 1. The number of anilines is 1. The van der Waals surface area contributed by atoms with Crippen LogP contribution in [0.4, 0.5) is 10.1 Å². The van der Waals surface area contributed by atoms with Gasteiger partial charge in [-0.1, -0.05) is 29.8 Å². The van der Waals surface area contributed by atoms with E-state index in [0.717, 1.165) is 11.1 Å². The van der Waals surface area contributed by atoms with E-state index in [1.54, 1.807) is 24.3 Å². The van der Waals surface area contributed by atoms with Crippen molar-refractivity contribution in [2.75, 3.05) is 18.4 Å². The second-order valence-electron chi connectivity index (χ2n) is 6.03. The fourth-order valence-electron chi connectivity index (χ4n) is 2.33. The third kappa shape index (κ3) is 7.27. The Labute approximate surface area is 164 Å². The maximum atomic E-state index is 12.9. The molecule has 0 radical (unpaired) electrons. The number of guanidine groups is 1. The molecule has 0 aliphatic rings. The van der Waals surface area contributed by atoms with Crippen molar-refractivity contribution in [3.05, 3.63) is 64.4 Å². The molecular weight excluding hydrogens is 367 g/mol. The highest BCUT2D eigenvalue weighted by atomic mass is 35.5. The molecule has 0 unspecified atom stereocenters. The molecule has 3 N–H and O–H groups in total. The zero-order valence-electron chi connectivity index (χ0n) is 15.5. The molecule has 1 amide bonds. The lowest BCUT2D eigenvalue weighted by molar-refractivity contribution is -0.116. The van der Waals surface area contributed by atoms with Crippen LogP contribution in [-0.2, 0) is 11.3 Å². The van der Waals surface area contributed by atoms with E-state index in [4.69, 9.17) is 11.6 Å². The number of rotatable bonds is 7. The summed E-state index contributed by atoms with van der Waals surface area (Å²) in [6.07, 6.45) is 0.269. The highest BCUT2D eigenvalue weighted by Gasteiger charge is 2.06. The topological polar surface area (TPSA) is 65.5 Å². The van der Waals surface area contributed by atoms with Gasteiger partial charge in [0.25, 0.3) is 0 Å². The van der Waals surface area contributed by atoms with Gasteiger partial charge in [0.2, 0.25) is 5.91 Å². The highest BCUT2D eigenvalue weighted by molar-refractivity contribution is 6.33. The van der Waals surface area contributed by atoms with Crippen LogP contribution in [0, 0.1) is 12.7 Å². The first-order valence-corrected chi connectivity index (χ1v) is 9.18. The second kappa shape index (κ2) is 10.5. The van der Waals surface area contributed by atoms with Gasteiger partial charge in [-0.3, -0.25) is 4.79 Å². The molecule has 2 aromatic carbocycles. The summed E-state index contributed by atoms with van der Waals surface area (Å²) >= 11 is 6.13. The third-order valence-corrected chi connectivity index (χ3v) is 4.03. The van der Waals surface area contributed by atoms with E-state index in [1.165, 1.54) is 12.1 Å². The van der Waals surface area contributed by atoms with Crippen LogP contribution in [0.3, 0.4) is 0 Å². The number of benzene rings is 2. The van der Waals surface area contributed by atoms with Gasteiger partial charge in [-0.25, -0.2) is 9.38 Å². The number of hydrogen-bond acceptors (Lipinski definition) is 2. The molecule has 27 heavy (non-hydrogen) atoms. The van der Waals surface area contributed by atoms with Crippen molar-refractivity contribution in [2.45, 2.75) is 26.8 Å². The molecule has 0 heterocycles. The summed E-state index contributed by atoms with van der Waals surface area (Å²) in [5, 5.41) is 9.55. The summed E-state index contributed by atoms with van der Waals surface area (Å²) in [7, 11) is 0. The molecule has 0 fully saturated rings. The number of amides is 1. The summed E-state index contributed by atoms with van der Waals surface area (Å²) in [6.45, 7) is 5.43. The van der Waals surface area contributed by atoms with Crippen LogP contribution in [0.25, 0.3) is 0 Å². The summed E-state index contributed by atoms with van der Waals surface area (Å²) < 4.78 is 12.9. The van der Waals surface area contributed by atoms with Crippen molar-refractivity contribution in [1.29, 1.82) is 0 Å². The van der Waals surface area contributed by atoms with Crippen molar-refractivity contribution in [1.82, 2.24) is 10.6 Å². The normalized spacial score (nSPS) is 11.2. The van der Waals surface area contributed by atoms with Gasteiger partial charge < -0.3 is 16.0 Å². The second-order valence-corrected chi connectivity index (χ2v) is 6.44. The summed E-state index contributed by atoms with van der Waals surface area (Å²) in [4.78, 5) is 16.5. The lowest BCUT2D eigenvalue weighted by atomic mass is 10.2. The lowest BCUT2D eigenvalue weighted by Crippen LogP contribution is -2.38. The standard InChI is InChI=1S/C20H24ClFN4O/c1-3-23-20(25-13-15-5-7-16(22)8-6-15)24-11-10-19(27)26-18-9-4-14(2)12-17(18)21/h4-9,12H,3,10-11,13H2,1-2H3,(H,26,27)(H2,23,24,25). The molecule has 144 valence electrons. The van der Waals surface area contributed by atoms with Crippen molar-refractivity contribution >= 4 is 29.2 Å². The van der Waals surface area contributed by atoms with Crippen LogP contribution in [0.15, 0.2) is 47.5 Å². The summed E-state index contributed by atoms with van der Waals surface area (Å²) in [6, 6.07) is 11.7. The number of carbonyl (C=O) groups excluding carboxylic acids is 1. The summed E-state index contributed by atoms with van der Waals surface area (Å²) in [5.41, 5.74) is 2.54. The molecule has 0 bridgehead atoms. The Morgan fingerprint density at radius 1 is 1.15 bits per heavy atom. The minimum atomic E-state index is -0.271. The average molecular weight is 391 g/mol. The first-order chi connectivity index (χ1) is 13.0. The van der Waals surface area contributed by atoms with Crippen LogP contribution < -0.4 is 16.0 Å². The first-order valence-electron chi connectivity index (χ1n) is 8.80. The van der Waals surface area contributed by atoms with Crippen LogP contribution in [0.1, 0.15) is 24.5 Å². The Balaban J connectivity index is 1.83. The van der Waals surface area contributed by atoms with E-state index in [0.29, 0.717) is 36.3 Å². The van der Waals surface area contributed by atoms with Crippen LogP contribution in [0.2, 0.25) is 5.02 Å². The zero-order valence-corrected chi connectivity index (χ0v) is 16.2. The van der Waals surface area contributed by atoms with Crippen molar-refractivity contribution in [3.8, 4) is 0 Å². The SMILES string of the molecule is CCNC(=NCc1ccc(F)cc1)NCCC(=O)Nc1ccc(C)cc1Cl. The Morgan fingerprint density at radius 3 is 2.56 bits per heavy atom. The molecule has 0 saturated carbocycles. The molecule has 7 heteroatoms. The molecule has 0 aromatic heterocycles. The zero-order chi connectivity index (χ0) is 19.6. The molecule has 0 aliphatic heterocycles. The molecule has 5 nitrogen and oxygen atoms in total. The Kier molecular flexibility index (Phi) is 8.07. The number of halogens is 2. The largest absolute Gasteiger partial charge is 0.357 e. The van der Waals surface area contributed by atoms with Crippen molar-refractivity contribution < 1.29 is 9.18 Å². The molecular formula is C20H24ClFN4O. The minimum absolute atomic E-state index is 0.136. The van der Waals surface area contributed by atoms with Gasteiger partial charge in [0.15, 0.2) is 5.96 Å². The van der Waals surface area contributed by atoms with E-state index in [1.807, 2.05) is 19.9 Å². The number of nitrogens with zero attached hydrogens (tertiary/aromatic N) is 1. The van der Waals surface area contributed by atoms with E-state index in [9.17, 15) is 9.18 Å². The average Bonchev–Trinajstić information content (AvgIpc) is 2.63. The van der Waals surface area contributed by atoms with Gasteiger partial charge in [0.05, 0.1) is 17.3 Å². The molecule has 0 aliphatic carbocycles. The van der Waals surface area contributed by atoms with Crippen molar-refractivity contribution in [2.24, 2.45) is 4.99 Å². The van der Waals surface area contributed by atoms with Gasteiger partial charge in [0.1, 0.15) is 5.82 Å². The predicted molar refractivity (Wildman–Crippen MR) is 109 cm³/mol. The van der Waals surface area contributed by atoms with Crippen LogP contribution in [0.5, 0.6) is 0 Å². The number of aryl methyl sites for hydroxylation is 1. The van der Waals surface area contributed by atoms with E-state index in [2.05, 4.69) is 20.9 Å². The fraction of sp³-hybridized carbons (Fsp3) is 0.300. The Hall–Kier alpha value is -2.60. The maximum Gasteiger partial charge on any atom is 0.226 e. The number of nitrogens with one attached hydrogen (secondary N) is 3. The molecule has 0 spiro atoms. The fourth-order valence-corrected chi connectivity index (χ4v) is 2.61. The smallest absolute Gasteiger partial charge is 0.226 e. The van der Waals surface area contributed by atoms with Crippen LogP contribution >= 0.6 is 11.6 Å². The van der Waals surface area contributed by atoms with Gasteiger partial charge in [-0.05, 0) is 49.2 Å². The van der Waals surface area contributed by atoms with Crippen LogP contribution in [-0.4, -0.2) is 25.0 Å². The van der Waals surface area contributed by atoms with Gasteiger partial charge in [-0.15, -0.1) is 0 Å². The number of aliphatic imine (C=N–C) groups is 1. The Morgan fingerprint density at radius 2 is 1.89 bits per heavy atom. The summed E-state index contributed by atoms with van der Waals surface area (Å²) in [5.74, 6) is 0.193. The maximum absolute atomic E-state index is 12.9. The van der Waals surface area contributed by atoms with Crippen molar-refractivity contribution in [3.63, 3.8) is 0 Å². The Bertz CT molecular complexity index is 793. The number of hydrogen-bond donors (Lipinski definition) is 3. The quantitative estimate of drug-likeness (QED) is 0.496. The first kappa shape index (κ1) is 20.7. The van der Waals surface area contributed by atoms with E-state index in [-0.39, 0.29) is 18.1 Å². The highest BCUT2D eigenvalue weighted by Crippen LogP contribution is 2.22.